The summed E-state index contributed by atoms with van der Waals surface area (Å²) in [4.78, 5) is 0. The Balaban J connectivity index is 3.89. The van der Waals surface area contributed by atoms with Gasteiger partial charge in [0, 0.05) is 11.9 Å². The fourth-order valence-electron chi connectivity index (χ4n) is 0.381. The third-order valence-corrected chi connectivity index (χ3v) is 1.14. The minimum absolute atomic E-state index is 0.215. The molecule has 0 aromatic rings. The molecule has 0 unspecified atom stereocenters. The van der Waals surface area contributed by atoms with Gasteiger partial charge in [-0.2, -0.15) is 0 Å². The van der Waals surface area contributed by atoms with Gasteiger partial charge in [0.05, 0.1) is 0 Å². The van der Waals surface area contributed by atoms with E-state index in [1.54, 1.807) is 0 Å². The monoisotopic (exact) mass is 145 g/mol. The number of aliphatic hydroxyl groups is 1. The highest BCUT2D eigenvalue weighted by atomic mass is 16.3. The number of hydrogen-bond acceptors (Lipinski definition) is 4. The molecule has 0 radical (unpaired) electrons. The third kappa shape index (κ3) is 3.32. The van der Waals surface area contributed by atoms with Crippen LogP contribution in [0.5, 0.6) is 0 Å². The van der Waals surface area contributed by atoms with Gasteiger partial charge in [-0.25, -0.2) is 5.84 Å². The zero-order chi connectivity index (χ0) is 8.15. The Bertz CT molecular complexity index is 122. The molecule has 0 aliphatic heterocycles. The first-order chi connectivity index (χ1) is 4.57. The molecule has 0 aromatic heterocycles. The number of nitrogens with two attached hydrogens (primary N) is 2. The third-order valence-electron chi connectivity index (χ3n) is 1.14. The number of rotatable bonds is 3. The van der Waals surface area contributed by atoms with E-state index in [0.29, 0.717) is 5.70 Å². The van der Waals surface area contributed by atoms with Crippen LogP contribution in [0.25, 0.3) is 0 Å². The first kappa shape index (κ1) is 9.26. The molecule has 0 aliphatic rings. The molecule has 5 N–H and O–H groups in total. The summed E-state index contributed by atoms with van der Waals surface area (Å²) in [6.07, 6.45) is 1.52. The summed E-state index contributed by atoms with van der Waals surface area (Å²) in [5.41, 5.74) is 6.18. The Morgan fingerprint density at radius 2 is 2.20 bits per heavy atom. The first-order valence-corrected chi connectivity index (χ1v) is 3.17. The van der Waals surface area contributed by atoms with Crippen molar-refractivity contribution in [1.82, 2.24) is 5.01 Å². The topological polar surface area (TPSA) is 75.5 Å². The smallest absolute Gasteiger partial charge is 0.129 e. The highest BCUT2D eigenvalue weighted by Gasteiger charge is 1.97. The summed E-state index contributed by atoms with van der Waals surface area (Å²) in [5.74, 6) is 5.50. The Hall–Kier alpha value is -0.740. The normalized spacial score (nSPS) is 12.3. The van der Waals surface area contributed by atoms with Gasteiger partial charge in [0.1, 0.15) is 6.73 Å². The van der Waals surface area contributed by atoms with E-state index in [4.69, 9.17) is 16.7 Å². The summed E-state index contributed by atoms with van der Waals surface area (Å²) < 4.78 is 0. The minimum Gasteiger partial charge on any atom is -0.401 e. The molecule has 60 valence electrons. The van der Waals surface area contributed by atoms with E-state index in [1.807, 2.05) is 13.8 Å². The van der Waals surface area contributed by atoms with Crippen LogP contribution in [0.2, 0.25) is 0 Å². The molecule has 0 rings (SSSR count). The van der Waals surface area contributed by atoms with Crippen LogP contribution in [0.3, 0.4) is 0 Å². The van der Waals surface area contributed by atoms with Gasteiger partial charge in [0.25, 0.3) is 0 Å². The summed E-state index contributed by atoms with van der Waals surface area (Å²) >= 11 is 0. The second-order valence-electron chi connectivity index (χ2n) is 2.44. The van der Waals surface area contributed by atoms with Crippen LogP contribution < -0.4 is 11.6 Å². The molecule has 0 bridgehead atoms. The van der Waals surface area contributed by atoms with E-state index in [-0.39, 0.29) is 12.6 Å². The molecule has 0 spiro atoms. The molecule has 10 heavy (non-hydrogen) atoms. The zero-order valence-corrected chi connectivity index (χ0v) is 6.41. The lowest BCUT2D eigenvalue weighted by molar-refractivity contribution is 0.151. The predicted molar refractivity (Wildman–Crippen MR) is 40.2 cm³/mol. The van der Waals surface area contributed by atoms with Gasteiger partial charge in [0.15, 0.2) is 0 Å². The van der Waals surface area contributed by atoms with Crippen molar-refractivity contribution < 1.29 is 5.11 Å². The molecular formula is C6H15N3O. The number of allylic oxidation sites excluding steroid dienone is 1. The molecule has 0 aliphatic carbocycles. The fourth-order valence-corrected chi connectivity index (χ4v) is 0.381. The number of hydrogen-bond donors (Lipinski definition) is 3. The van der Waals surface area contributed by atoms with Crippen molar-refractivity contribution in [2.45, 2.75) is 13.8 Å². The molecule has 0 fully saturated rings. The quantitative estimate of drug-likeness (QED) is 0.286. The molecule has 0 heterocycles. The van der Waals surface area contributed by atoms with E-state index >= 15 is 0 Å². The van der Waals surface area contributed by atoms with Crippen LogP contribution in [0.1, 0.15) is 13.8 Å². The highest BCUT2D eigenvalue weighted by Crippen LogP contribution is 2.01. The summed E-state index contributed by atoms with van der Waals surface area (Å²) in [7, 11) is 0. The average Bonchev–Trinajstić information content (AvgIpc) is 1.87. The molecule has 0 amide bonds. The van der Waals surface area contributed by atoms with Crippen molar-refractivity contribution in [2.75, 3.05) is 6.73 Å². The maximum absolute atomic E-state index is 8.47. The SMILES string of the molecule is CC(C)/C(N)=C/N(N)CO. The van der Waals surface area contributed by atoms with Crippen molar-refractivity contribution in [2.24, 2.45) is 17.5 Å². The lowest BCUT2D eigenvalue weighted by Gasteiger charge is -2.12. The number of nitrogens with zero attached hydrogens (tertiary/aromatic N) is 1. The standard InChI is InChI=1S/C6H15N3O/c1-5(2)6(7)3-9(8)4-10/h3,5,10H,4,7-8H2,1-2H3/b6-3-. The van der Waals surface area contributed by atoms with Gasteiger partial charge >= 0.3 is 0 Å². The van der Waals surface area contributed by atoms with Crippen LogP contribution in [0, 0.1) is 5.92 Å². The van der Waals surface area contributed by atoms with Crippen LogP contribution in [0.15, 0.2) is 11.9 Å². The van der Waals surface area contributed by atoms with Crippen molar-refractivity contribution in [1.29, 1.82) is 0 Å². The summed E-state index contributed by atoms with van der Waals surface area (Å²) in [5, 5.41) is 9.60. The van der Waals surface area contributed by atoms with Gasteiger partial charge in [0.2, 0.25) is 0 Å². The zero-order valence-electron chi connectivity index (χ0n) is 6.41. The Labute approximate surface area is 61.1 Å². The molecule has 0 atom stereocenters. The van der Waals surface area contributed by atoms with Crippen molar-refractivity contribution in [3.8, 4) is 0 Å². The van der Waals surface area contributed by atoms with Crippen LogP contribution in [0.4, 0.5) is 0 Å². The molecule has 0 aromatic carbocycles. The van der Waals surface area contributed by atoms with E-state index in [2.05, 4.69) is 0 Å². The van der Waals surface area contributed by atoms with Gasteiger partial charge in [-0.05, 0) is 5.92 Å². The second kappa shape index (κ2) is 4.14. The largest absolute Gasteiger partial charge is 0.401 e. The Morgan fingerprint density at radius 3 is 2.50 bits per heavy atom. The average molecular weight is 145 g/mol. The number of aliphatic hydroxyl groups excluding tert-OH is 1. The van der Waals surface area contributed by atoms with Gasteiger partial charge < -0.3 is 10.8 Å². The van der Waals surface area contributed by atoms with Crippen LogP contribution >= 0.6 is 0 Å². The Morgan fingerprint density at radius 1 is 1.70 bits per heavy atom. The minimum atomic E-state index is -0.215. The highest BCUT2D eigenvalue weighted by molar-refractivity contribution is 4.97. The van der Waals surface area contributed by atoms with Crippen molar-refractivity contribution >= 4 is 0 Å². The summed E-state index contributed by atoms with van der Waals surface area (Å²) in [6, 6.07) is 0. The van der Waals surface area contributed by atoms with E-state index in [9.17, 15) is 0 Å². The van der Waals surface area contributed by atoms with E-state index < -0.39 is 0 Å². The van der Waals surface area contributed by atoms with Gasteiger partial charge in [-0.1, -0.05) is 13.8 Å². The lowest BCUT2D eigenvalue weighted by atomic mass is 10.2. The molecular weight excluding hydrogens is 130 g/mol. The maximum Gasteiger partial charge on any atom is 0.129 e. The van der Waals surface area contributed by atoms with E-state index in [0.717, 1.165) is 5.01 Å². The van der Waals surface area contributed by atoms with Crippen molar-refractivity contribution in [3.05, 3.63) is 11.9 Å². The molecule has 4 nitrogen and oxygen atoms in total. The molecule has 4 heteroatoms. The number of hydrazine groups is 1. The van der Waals surface area contributed by atoms with Gasteiger partial charge in [-0.3, -0.25) is 5.01 Å². The Kier molecular flexibility index (Phi) is 3.83. The second-order valence-corrected chi connectivity index (χ2v) is 2.44. The van der Waals surface area contributed by atoms with E-state index in [1.165, 1.54) is 6.20 Å². The first-order valence-electron chi connectivity index (χ1n) is 3.17. The summed E-state index contributed by atoms with van der Waals surface area (Å²) in [6.45, 7) is 3.70. The lowest BCUT2D eigenvalue weighted by Crippen LogP contribution is -2.28. The van der Waals surface area contributed by atoms with Crippen LogP contribution in [-0.2, 0) is 0 Å². The predicted octanol–water partition coefficient (Wildman–Crippen LogP) is -0.432. The molecule has 0 saturated heterocycles. The molecule has 0 saturated carbocycles. The van der Waals surface area contributed by atoms with Gasteiger partial charge in [-0.15, -0.1) is 0 Å². The van der Waals surface area contributed by atoms with Crippen LogP contribution in [-0.4, -0.2) is 16.8 Å². The maximum atomic E-state index is 8.47. The fraction of sp³-hybridized carbons (Fsp3) is 0.667. The van der Waals surface area contributed by atoms with Crippen molar-refractivity contribution in [3.63, 3.8) is 0 Å².